The summed E-state index contributed by atoms with van der Waals surface area (Å²) >= 11 is 0. The summed E-state index contributed by atoms with van der Waals surface area (Å²) in [5.74, 6) is 0. The highest BCUT2D eigenvalue weighted by Crippen LogP contribution is 2.47. The monoisotopic (exact) mass is 1060 g/mol. The number of hydrogen-bond donors (Lipinski definition) is 0. The number of fused-ring (bicyclic) bond motifs is 15. The molecule has 83 heavy (non-hydrogen) atoms. The second-order valence-corrected chi connectivity index (χ2v) is 21.8. The van der Waals surface area contributed by atoms with Gasteiger partial charge in [-0.3, -0.25) is 0 Å². The third-order valence-corrected chi connectivity index (χ3v) is 17.3. The molecule has 0 unspecified atom stereocenters. The third kappa shape index (κ3) is 6.83. The van der Waals surface area contributed by atoms with E-state index in [1.165, 1.54) is 21.5 Å². The van der Waals surface area contributed by atoms with Crippen molar-refractivity contribution in [2.24, 2.45) is 0 Å². The van der Waals surface area contributed by atoms with Gasteiger partial charge in [0.15, 0.2) is 5.58 Å². The lowest BCUT2D eigenvalue weighted by Crippen LogP contribution is -1.95. The van der Waals surface area contributed by atoms with Crippen LogP contribution in [0.2, 0.25) is 0 Å². The lowest BCUT2D eigenvalue weighted by Gasteiger charge is -2.15. The Morgan fingerprint density at radius 1 is 0.205 bits per heavy atom. The van der Waals surface area contributed by atoms with Crippen molar-refractivity contribution in [1.29, 1.82) is 0 Å². The molecule has 5 nitrogen and oxygen atoms in total. The molecule has 0 aliphatic carbocycles. The molecule has 0 saturated heterocycles. The fraction of sp³-hybridized carbons (Fsp3) is 0. The number of hydrogen-bond acceptors (Lipinski definition) is 3. The zero-order valence-corrected chi connectivity index (χ0v) is 44.7. The molecule has 0 amide bonds. The number of aromatic nitrogens is 2. The van der Waals surface area contributed by atoms with Crippen LogP contribution in [0, 0.1) is 0 Å². The smallest absolute Gasteiger partial charge is 0.159 e. The van der Waals surface area contributed by atoms with Crippen LogP contribution in [0.25, 0.3) is 176 Å². The summed E-state index contributed by atoms with van der Waals surface area (Å²) in [6.07, 6.45) is 0. The molecule has 0 bridgehead atoms. The van der Waals surface area contributed by atoms with E-state index in [-0.39, 0.29) is 0 Å². The Kier molecular flexibility index (Phi) is 9.73. The molecule has 5 heteroatoms. The predicted octanol–water partition coefficient (Wildman–Crippen LogP) is 21.9. The van der Waals surface area contributed by atoms with Crippen LogP contribution in [0.1, 0.15) is 0 Å². The van der Waals surface area contributed by atoms with Crippen LogP contribution in [-0.2, 0) is 0 Å². The SMILES string of the molecule is c1cc(-c2cc(-n3c4ccccc4c4ccccc43)cc3c2oc2ccc(-c4ccccc4-c4ccccc4-c4ccc5oc6ccccc6c5c4)cc23)cc(-c2cccc3c2oc2c(-n4c5ccccc5c5ccccc54)cccc23)c1. The van der Waals surface area contributed by atoms with E-state index in [4.69, 9.17) is 13.3 Å². The number of furan rings is 3. The maximum absolute atomic E-state index is 7.19. The van der Waals surface area contributed by atoms with Crippen LogP contribution in [-0.4, -0.2) is 9.13 Å². The molecule has 5 aromatic heterocycles. The van der Waals surface area contributed by atoms with E-state index in [2.05, 4.69) is 276 Å². The molecular formula is C78H46N2O3. The fourth-order valence-corrected chi connectivity index (χ4v) is 13.7. The van der Waals surface area contributed by atoms with E-state index in [1.54, 1.807) is 0 Å². The lowest BCUT2D eigenvalue weighted by molar-refractivity contribution is 0.667. The Bertz CT molecular complexity index is 5610. The summed E-state index contributed by atoms with van der Waals surface area (Å²) < 4.78 is 25.4. The van der Waals surface area contributed by atoms with Crippen molar-refractivity contribution in [2.45, 2.75) is 0 Å². The molecule has 0 saturated carbocycles. The second-order valence-electron chi connectivity index (χ2n) is 21.8. The molecule has 0 radical (unpaired) electrons. The van der Waals surface area contributed by atoms with Crippen LogP contribution < -0.4 is 0 Å². The van der Waals surface area contributed by atoms with Crippen LogP contribution >= 0.6 is 0 Å². The maximum atomic E-state index is 7.19. The fourth-order valence-electron chi connectivity index (χ4n) is 13.7. The lowest BCUT2D eigenvalue weighted by atomic mass is 9.88. The molecule has 0 fully saturated rings. The van der Waals surface area contributed by atoms with E-state index in [9.17, 15) is 0 Å². The first-order chi connectivity index (χ1) is 41.2. The quantitative estimate of drug-likeness (QED) is 0.160. The normalized spacial score (nSPS) is 12.1. The van der Waals surface area contributed by atoms with Crippen molar-refractivity contribution < 1.29 is 13.3 Å². The van der Waals surface area contributed by atoms with Gasteiger partial charge in [0.2, 0.25) is 0 Å². The molecule has 0 aliphatic heterocycles. The molecule has 18 rings (SSSR count). The molecule has 0 atom stereocenters. The topological polar surface area (TPSA) is 49.3 Å². The first-order valence-electron chi connectivity index (χ1n) is 28.3. The number of rotatable bonds is 7. The first kappa shape index (κ1) is 45.7. The zero-order chi connectivity index (χ0) is 54.3. The third-order valence-electron chi connectivity index (χ3n) is 17.3. The van der Waals surface area contributed by atoms with Gasteiger partial charge in [-0.2, -0.15) is 0 Å². The zero-order valence-electron chi connectivity index (χ0n) is 44.7. The van der Waals surface area contributed by atoms with Crippen LogP contribution in [0.5, 0.6) is 0 Å². The Balaban J connectivity index is 0.819. The number of nitrogens with zero attached hydrogens (tertiary/aromatic N) is 2. The van der Waals surface area contributed by atoms with Gasteiger partial charge in [0, 0.05) is 70.7 Å². The summed E-state index contributed by atoms with van der Waals surface area (Å²) in [5.41, 5.74) is 22.7. The molecule has 0 N–H and O–H groups in total. The standard InChI is InChI=1S/C78H46N2O3/c1-3-22-55(52(20-1)49-38-40-74-65(43-49)61-28-9-14-37-73(61)81-74)56-23-4-2-21-53(56)50-39-41-75-66(44-50)67-46-51(79-68-32-10-5-24-57(68)58-25-6-11-33-69(58)79)45-64(77(67)82-75)48-19-15-18-47(42-48)54-29-16-30-62-63-31-17-36-72(78(63)83-76(54)62)80-70-34-12-7-26-59(70)60-27-8-13-35-71(60)80/h1-46H. The number of benzene rings is 13. The molecule has 13 aromatic carbocycles. The van der Waals surface area contributed by atoms with Crippen LogP contribution in [0.4, 0.5) is 0 Å². The van der Waals surface area contributed by atoms with E-state index in [0.29, 0.717) is 0 Å². The largest absolute Gasteiger partial charge is 0.456 e. The van der Waals surface area contributed by atoms with E-state index >= 15 is 0 Å². The molecule has 0 aliphatic rings. The summed E-state index contributed by atoms with van der Waals surface area (Å²) in [6.45, 7) is 0. The van der Waals surface area contributed by atoms with E-state index < -0.39 is 0 Å². The second kappa shape index (κ2) is 17.7. The van der Waals surface area contributed by atoms with E-state index in [0.717, 1.165) is 155 Å². The van der Waals surface area contributed by atoms with Crippen molar-refractivity contribution in [2.75, 3.05) is 0 Å². The summed E-state index contributed by atoms with van der Waals surface area (Å²) in [6, 6.07) is 100. The van der Waals surface area contributed by atoms with Gasteiger partial charge in [-0.05, 0) is 123 Å². The average molecular weight is 1060 g/mol. The molecule has 386 valence electrons. The van der Waals surface area contributed by atoms with Gasteiger partial charge in [-0.25, -0.2) is 0 Å². The Morgan fingerprint density at radius 3 is 1.25 bits per heavy atom. The predicted molar refractivity (Wildman–Crippen MR) is 344 cm³/mol. The van der Waals surface area contributed by atoms with Crippen LogP contribution in [0.3, 0.4) is 0 Å². The van der Waals surface area contributed by atoms with Gasteiger partial charge in [-0.1, -0.05) is 200 Å². The number of para-hydroxylation sites is 7. The van der Waals surface area contributed by atoms with E-state index in [1.807, 2.05) is 12.1 Å². The van der Waals surface area contributed by atoms with Crippen LogP contribution in [0.15, 0.2) is 292 Å². The van der Waals surface area contributed by atoms with Gasteiger partial charge < -0.3 is 22.4 Å². The van der Waals surface area contributed by atoms with Gasteiger partial charge in [0.25, 0.3) is 0 Å². The van der Waals surface area contributed by atoms with Crippen molar-refractivity contribution in [3.8, 4) is 67.0 Å². The molecule has 18 aromatic rings. The minimum absolute atomic E-state index is 0.824. The summed E-state index contributed by atoms with van der Waals surface area (Å²) in [4.78, 5) is 0. The van der Waals surface area contributed by atoms with Crippen molar-refractivity contribution in [3.05, 3.63) is 279 Å². The first-order valence-corrected chi connectivity index (χ1v) is 28.3. The molecule has 5 heterocycles. The van der Waals surface area contributed by atoms with Gasteiger partial charge in [0.1, 0.15) is 27.9 Å². The van der Waals surface area contributed by atoms with Crippen molar-refractivity contribution in [1.82, 2.24) is 9.13 Å². The summed E-state index contributed by atoms with van der Waals surface area (Å²) in [5, 5.41) is 11.3. The molecule has 0 spiro atoms. The summed E-state index contributed by atoms with van der Waals surface area (Å²) in [7, 11) is 0. The highest BCUT2D eigenvalue weighted by atomic mass is 16.3. The minimum Gasteiger partial charge on any atom is -0.456 e. The molecular weight excluding hydrogens is 1010 g/mol. The highest BCUT2D eigenvalue weighted by Gasteiger charge is 2.23. The Labute approximate surface area is 475 Å². The van der Waals surface area contributed by atoms with Crippen molar-refractivity contribution in [3.63, 3.8) is 0 Å². The Hall–Kier alpha value is -11.1. The maximum Gasteiger partial charge on any atom is 0.159 e. The van der Waals surface area contributed by atoms with Gasteiger partial charge >= 0.3 is 0 Å². The van der Waals surface area contributed by atoms with Gasteiger partial charge in [0.05, 0.1) is 27.8 Å². The minimum atomic E-state index is 0.824. The van der Waals surface area contributed by atoms with Crippen molar-refractivity contribution >= 4 is 109 Å². The Morgan fingerprint density at radius 2 is 0.627 bits per heavy atom. The van der Waals surface area contributed by atoms with Gasteiger partial charge in [-0.15, -0.1) is 0 Å². The highest BCUT2D eigenvalue weighted by molar-refractivity contribution is 6.17. The average Bonchev–Trinajstić information content (AvgIpc) is 2.46.